The van der Waals surface area contributed by atoms with Crippen molar-refractivity contribution in [2.24, 2.45) is 0 Å². The topological polar surface area (TPSA) is 16.4 Å². The van der Waals surface area contributed by atoms with Crippen molar-refractivity contribution in [3.8, 4) is 22.3 Å². The number of furan rings is 1. The molecule has 2 heteroatoms. The predicted molar refractivity (Wildman–Crippen MR) is 229 cm³/mol. The lowest BCUT2D eigenvalue weighted by Crippen LogP contribution is -2.12. The van der Waals surface area contributed by atoms with Crippen LogP contribution in [0.2, 0.25) is 0 Å². The molecule has 10 aromatic carbocycles. The van der Waals surface area contributed by atoms with E-state index in [-0.39, 0.29) is 0 Å². The second-order valence-corrected chi connectivity index (χ2v) is 14.1. The van der Waals surface area contributed by atoms with Gasteiger partial charge in [-0.2, -0.15) is 0 Å². The lowest BCUT2D eigenvalue weighted by atomic mass is 9.94. The largest absolute Gasteiger partial charge is 0.456 e. The standard InChI is InChI=1S/C52H33NO/c1-2-14-35-29-39(28-27-34(35)13-1)36-18-11-19-41(30-36)53(49-32-40-17-5-6-20-42(40)43-21-7-8-22-44(43)49)48-25-10-9-23-45(48)46-24-12-26-50-52(46)47-31-37-15-3-4-16-38(37)33-51(47)54-50/h1-33H. The molecule has 0 saturated carbocycles. The maximum atomic E-state index is 6.58. The molecule has 252 valence electrons. The lowest BCUT2D eigenvalue weighted by Gasteiger charge is -2.30. The van der Waals surface area contributed by atoms with Crippen LogP contribution in [-0.4, -0.2) is 0 Å². The van der Waals surface area contributed by atoms with Crippen LogP contribution in [0.25, 0.3) is 87.3 Å². The minimum absolute atomic E-state index is 0.883. The number of hydrogen-bond donors (Lipinski definition) is 0. The Morgan fingerprint density at radius 2 is 0.944 bits per heavy atom. The third kappa shape index (κ3) is 4.88. The van der Waals surface area contributed by atoms with Gasteiger partial charge in [0.25, 0.3) is 0 Å². The van der Waals surface area contributed by atoms with E-state index < -0.39 is 0 Å². The molecule has 0 aliphatic heterocycles. The van der Waals surface area contributed by atoms with E-state index in [0.29, 0.717) is 0 Å². The third-order valence-electron chi connectivity index (χ3n) is 11.0. The number of rotatable bonds is 5. The Labute approximate surface area is 312 Å². The molecule has 0 aliphatic carbocycles. The highest BCUT2D eigenvalue weighted by Crippen LogP contribution is 2.48. The van der Waals surface area contributed by atoms with Crippen molar-refractivity contribution in [2.45, 2.75) is 0 Å². The summed E-state index contributed by atoms with van der Waals surface area (Å²) >= 11 is 0. The summed E-state index contributed by atoms with van der Waals surface area (Å²) < 4.78 is 6.58. The van der Waals surface area contributed by atoms with Crippen molar-refractivity contribution >= 4 is 82.1 Å². The normalized spacial score (nSPS) is 11.7. The molecule has 1 aromatic heterocycles. The van der Waals surface area contributed by atoms with E-state index in [0.717, 1.165) is 50.1 Å². The summed E-state index contributed by atoms with van der Waals surface area (Å²) in [6.45, 7) is 0. The van der Waals surface area contributed by atoms with Crippen molar-refractivity contribution in [1.29, 1.82) is 0 Å². The summed E-state index contributed by atoms with van der Waals surface area (Å²) in [5.41, 5.74) is 9.71. The van der Waals surface area contributed by atoms with E-state index in [1.165, 1.54) is 54.2 Å². The maximum absolute atomic E-state index is 6.58. The summed E-state index contributed by atoms with van der Waals surface area (Å²) in [4.78, 5) is 2.46. The van der Waals surface area contributed by atoms with Gasteiger partial charge in [0, 0.05) is 27.4 Å². The Morgan fingerprint density at radius 3 is 1.80 bits per heavy atom. The first kappa shape index (κ1) is 30.5. The van der Waals surface area contributed by atoms with Gasteiger partial charge < -0.3 is 9.32 Å². The number of para-hydroxylation sites is 1. The summed E-state index contributed by atoms with van der Waals surface area (Å²) in [6, 6.07) is 72.4. The van der Waals surface area contributed by atoms with Crippen LogP contribution in [0.5, 0.6) is 0 Å². The van der Waals surface area contributed by atoms with Gasteiger partial charge in [0.05, 0.1) is 11.4 Å². The Balaban J connectivity index is 1.20. The average Bonchev–Trinajstić information content (AvgIpc) is 3.60. The van der Waals surface area contributed by atoms with Crippen LogP contribution in [0, 0.1) is 0 Å². The van der Waals surface area contributed by atoms with Crippen molar-refractivity contribution in [3.05, 3.63) is 200 Å². The monoisotopic (exact) mass is 687 g/mol. The fraction of sp³-hybridized carbons (Fsp3) is 0. The quantitative estimate of drug-likeness (QED) is 0.168. The Bertz CT molecular complexity index is 3240. The van der Waals surface area contributed by atoms with Gasteiger partial charge in [0.15, 0.2) is 0 Å². The Morgan fingerprint density at radius 1 is 0.315 bits per heavy atom. The number of anilines is 3. The van der Waals surface area contributed by atoms with Gasteiger partial charge in [-0.3, -0.25) is 0 Å². The summed E-state index contributed by atoms with van der Waals surface area (Å²) in [6.07, 6.45) is 0. The van der Waals surface area contributed by atoms with Gasteiger partial charge in [0.1, 0.15) is 11.2 Å². The highest BCUT2D eigenvalue weighted by atomic mass is 16.3. The Hall–Kier alpha value is -7.16. The SMILES string of the molecule is c1cc(-c2ccc3ccccc3c2)cc(N(c2ccccc2-c2cccc3oc4cc5ccccc5cc4c23)c2cc3ccccc3c3ccccc23)c1. The number of benzene rings is 10. The second-order valence-electron chi connectivity index (χ2n) is 14.1. The van der Waals surface area contributed by atoms with E-state index in [2.05, 4.69) is 205 Å². The van der Waals surface area contributed by atoms with Gasteiger partial charge in [0.2, 0.25) is 0 Å². The van der Waals surface area contributed by atoms with Gasteiger partial charge in [-0.15, -0.1) is 0 Å². The van der Waals surface area contributed by atoms with Crippen LogP contribution in [0.4, 0.5) is 17.1 Å². The highest BCUT2D eigenvalue weighted by Gasteiger charge is 2.23. The van der Waals surface area contributed by atoms with Crippen LogP contribution in [-0.2, 0) is 0 Å². The van der Waals surface area contributed by atoms with Gasteiger partial charge in [-0.25, -0.2) is 0 Å². The molecule has 11 rings (SSSR count). The molecule has 0 radical (unpaired) electrons. The van der Waals surface area contributed by atoms with Crippen molar-refractivity contribution in [1.82, 2.24) is 0 Å². The van der Waals surface area contributed by atoms with Crippen molar-refractivity contribution in [2.75, 3.05) is 4.90 Å². The first-order chi connectivity index (χ1) is 26.8. The molecule has 0 unspecified atom stereocenters. The molecule has 0 fully saturated rings. The first-order valence-electron chi connectivity index (χ1n) is 18.5. The molecule has 0 spiro atoms. The molecule has 0 bridgehead atoms. The molecule has 0 saturated heterocycles. The van der Waals surface area contributed by atoms with E-state index in [1.54, 1.807) is 0 Å². The average molecular weight is 688 g/mol. The number of nitrogens with zero attached hydrogens (tertiary/aromatic N) is 1. The fourth-order valence-corrected chi connectivity index (χ4v) is 8.45. The molecule has 2 nitrogen and oxygen atoms in total. The van der Waals surface area contributed by atoms with Crippen molar-refractivity contribution < 1.29 is 4.42 Å². The summed E-state index contributed by atoms with van der Waals surface area (Å²) in [5, 5.41) is 12.0. The van der Waals surface area contributed by atoms with Crippen LogP contribution in [0.1, 0.15) is 0 Å². The minimum atomic E-state index is 0.883. The van der Waals surface area contributed by atoms with E-state index in [4.69, 9.17) is 4.42 Å². The van der Waals surface area contributed by atoms with E-state index in [9.17, 15) is 0 Å². The molecular formula is C52H33NO. The molecule has 0 N–H and O–H groups in total. The summed E-state index contributed by atoms with van der Waals surface area (Å²) in [5.74, 6) is 0. The zero-order valence-electron chi connectivity index (χ0n) is 29.4. The Kier molecular flexibility index (Phi) is 6.90. The van der Waals surface area contributed by atoms with Gasteiger partial charge >= 0.3 is 0 Å². The molecule has 0 aliphatic rings. The molecule has 0 atom stereocenters. The molecular weight excluding hydrogens is 655 g/mol. The molecule has 0 amide bonds. The van der Waals surface area contributed by atoms with Crippen LogP contribution < -0.4 is 4.90 Å². The van der Waals surface area contributed by atoms with E-state index >= 15 is 0 Å². The van der Waals surface area contributed by atoms with Crippen LogP contribution in [0.15, 0.2) is 205 Å². The third-order valence-corrected chi connectivity index (χ3v) is 11.0. The van der Waals surface area contributed by atoms with Crippen LogP contribution >= 0.6 is 0 Å². The highest BCUT2D eigenvalue weighted by molar-refractivity contribution is 6.18. The minimum Gasteiger partial charge on any atom is -0.456 e. The van der Waals surface area contributed by atoms with E-state index in [1.807, 2.05) is 0 Å². The number of hydrogen-bond acceptors (Lipinski definition) is 2. The van der Waals surface area contributed by atoms with Crippen molar-refractivity contribution in [3.63, 3.8) is 0 Å². The predicted octanol–water partition coefficient (Wildman–Crippen LogP) is 15.0. The second kappa shape index (κ2) is 12.2. The van der Waals surface area contributed by atoms with Crippen LogP contribution in [0.3, 0.4) is 0 Å². The molecule has 11 aromatic rings. The molecule has 54 heavy (non-hydrogen) atoms. The van der Waals surface area contributed by atoms with Gasteiger partial charge in [-0.05, 0) is 103 Å². The first-order valence-corrected chi connectivity index (χ1v) is 18.5. The smallest absolute Gasteiger partial charge is 0.136 e. The maximum Gasteiger partial charge on any atom is 0.136 e. The lowest BCUT2D eigenvalue weighted by molar-refractivity contribution is 0.669. The number of fused-ring (bicyclic) bond motifs is 8. The zero-order chi connectivity index (χ0) is 35.6. The fourth-order valence-electron chi connectivity index (χ4n) is 8.45. The zero-order valence-corrected chi connectivity index (χ0v) is 29.4. The molecule has 1 heterocycles. The van der Waals surface area contributed by atoms with Gasteiger partial charge in [-0.1, -0.05) is 152 Å². The summed E-state index contributed by atoms with van der Waals surface area (Å²) in [7, 11) is 0.